The third-order valence-electron chi connectivity index (χ3n) is 5.69. The van der Waals surface area contributed by atoms with E-state index in [2.05, 4.69) is 20.6 Å². The van der Waals surface area contributed by atoms with E-state index in [1.165, 1.54) is 17.4 Å². The van der Waals surface area contributed by atoms with Crippen LogP contribution in [0.1, 0.15) is 25.0 Å². The van der Waals surface area contributed by atoms with E-state index in [0.29, 0.717) is 18.5 Å². The van der Waals surface area contributed by atoms with Crippen LogP contribution in [0.15, 0.2) is 41.7 Å². The Kier molecular flexibility index (Phi) is 9.16. The third kappa shape index (κ3) is 7.99. The summed E-state index contributed by atoms with van der Waals surface area (Å²) in [5, 5.41) is 14.3. The number of urea groups is 1. The minimum Gasteiger partial charge on any atom is -0.480 e. The molecular weight excluding hydrogens is 511 g/mol. The van der Waals surface area contributed by atoms with Crippen LogP contribution in [0.3, 0.4) is 0 Å². The van der Waals surface area contributed by atoms with Crippen molar-refractivity contribution in [3.63, 3.8) is 0 Å². The Morgan fingerprint density at radius 2 is 1.95 bits per heavy atom. The van der Waals surface area contributed by atoms with E-state index in [1.807, 2.05) is 4.72 Å². The lowest BCUT2D eigenvalue weighted by Crippen LogP contribution is -2.50. The lowest BCUT2D eigenvalue weighted by molar-refractivity contribution is -0.141. The largest absolute Gasteiger partial charge is 0.480 e. The molecule has 3 rings (SSSR count). The number of hydrogen-bond acceptors (Lipinski definition) is 7. The van der Waals surface area contributed by atoms with Crippen LogP contribution in [-0.4, -0.2) is 77.9 Å². The molecule has 1 unspecified atom stereocenters. The van der Waals surface area contributed by atoms with Gasteiger partial charge in [-0.1, -0.05) is 0 Å². The van der Waals surface area contributed by atoms with Crippen LogP contribution in [0.25, 0.3) is 0 Å². The number of halogens is 1. The molecule has 1 fully saturated rings. The fraction of sp³-hybridized carbons (Fsp3) is 0.409. The molecule has 1 aromatic carbocycles. The van der Waals surface area contributed by atoms with Crippen molar-refractivity contribution in [2.45, 2.75) is 36.6 Å². The van der Waals surface area contributed by atoms with Crippen molar-refractivity contribution in [3.8, 4) is 0 Å². The van der Waals surface area contributed by atoms with Crippen molar-refractivity contribution >= 4 is 33.8 Å². The normalized spacial score (nSPS) is 16.5. The number of likely N-dealkylation sites (tertiary alicyclic amines) is 1. The molecule has 1 saturated heterocycles. The zero-order chi connectivity index (χ0) is 27.0. The topological polar surface area (TPSA) is 191 Å². The number of piperidine rings is 1. The van der Waals surface area contributed by atoms with Gasteiger partial charge in [-0.2, -0.15) is 0 Å². The molecule has 2 heterocycles. The number of benzene rings is 1. The van der Waals surface area contributed by atoms with Crippen molar-refractivity contribution in [2.75, 3.05) is 19.6 Å². The number of carbonyl (C=O) groups excluding carboxylic acids is 3. The summed E-state index contributed by atoms with van der Waals surface area (Å²) in [4.78, 5) is 56.1. The second-order valence-electron chi connectivity index (χ2n) is 8.43. The lowest BCUT2D eigenvalue weighted by Gasteiger charge is -2.31. The number of amides is 4. The van der Waals surface area contributed by atoms with Crippen LogP contribution >= 0.6 is 0 Å². The van der Waals surface area contributed by atoms with Gasteiger partial charge in [0.05, 0.1) is 17.1 Å². The molecule has 5 N–H and O–H groups in total. The maximum atomic E-state index is 13.1. The first kappa shape index (κ1) is 27.6. The number of carboxylic acid groups (broad SMARTS) is 1. The number of rotatable bonds is 10. The Bertz CT molecular complexity index is 1220. The number of carboxylic acids is 1. The molecular formula is C22H27FN6O7S. The van der Waals surface area contributed by atoms with Crippen LogP contribution in [0.2, 0.25) is 0 Å². The van der Waals surface area contributed by atoms with Crippen LogP contribution in [0.5, 0.6) is 0 Å². The van der Waals surface area contributed by atoms with Crippen molar-refractivity contribution in [1.82, 2.24) is 30.2 Å². The minimum atomic E-state index is -4.22. The first-order valence-corrected chi connectivity index (χ1v) is 12.9. The summed E-state index contributed by atoms with van der Waals surface area (Å²) in [5.41, 5.74) is 0.539. The Balaban J connectivity index is 1.45. The van der Waals surface area contributed by atoms with E-state index in [-0.39, 0.29) is 37.4 Å². The summed E-state index contributed by atoms with van der Waals surface area (Å²) >= 11 is 0. The quantitative estimate of drug-likeness (QED) is 0.279. The van der Waals surface area contributed by atoms with Gasteiger partial charge in [0.25, 0.3) is 10.0 Å². The summed E-state index contributed by atoms with van der Waals surface area (Å²) < 4.78 is 39.7. The number of nitrogens with zero attached hydrogens (tertiary/aromatic N) is 2. The van der Waals surface area contributed by atoms with Crippen molar-refractivity contribution in [2.24, 2.45) is 5.92 Å². The molecule has 1 aliphatic heterocycles. The van der Waals surface area contributed by atoms with Gasteiger partial charge in [0.2, 0.25) is 11.8 Å². The number of aliphatic carboxylic acids is 1. The Hall–Kier alpha value is -4.01. The molecule has 1 aromatic heterocycles. The Morgan fingerprint density at radius 1 is 1.22 bits per heavy atom. The summed E-state index contributed by atoms with van der Waals surface area (Å²) in [7, 11) is -4.22. The summed E-state index contributed by atoms with van der Waals surface area (Å²) in [6.07, 6.45) is 3.62. The van der Waals surface area contributed by atoms with Gasteiger partial charge in [-0.25, -0.2) is 32.1 Å². The molecule has 1 aliphatic rings. The summed E-state index contributed by atoms with van der Waals surface area (Å²) in [6, 6.07) is 1.91. The van der Waals surface area contributed by atoms with Gasteiger partial charge in [-0.05, 0) is 37.1 Å². The van der Waals surface area contributed by atoms with E-state index in [4.69, 9.17) is 0 Å². The van der Waals surface area contributed by atoms with Crippen LogP contribution in [0, 0.1) is 11.7 Å². The molecule has 2 aromatic rings. The Morgan fingerprint density at radius 3 is 2.59 bits per heavy atom. The fourth-order valence-corrected chi connectivity index (χ4v) is 4.73. The van der Waals surface area contributed by atoms with Gasteiger partial charge in [0, 0.05) is 44.4 Å². The third-order valence-corrected chi connectivity index (χ3v) is 7.02. The number of H-pyrrole nitrogens is 1. The summed E-state index contributed by atoms with van der Waals surface area (Å²) in [6.45, 7) is 0.153. The highest BCUT2D eigenvalue weighted by Gasteiger charge is 2.30. The lowest BCUT2D eigenvalue weighted by atomic mass is 9.97. The number of aromatic amines is 1. The van der Waals surface area contributed by atoms with Gasteiger partial charge in [0.1, 0.15) is 11.9 Å². The maximum absolute atomic E-state index is 13.1. The molecule has 0 spiro atoms. The fourth-order valence-electron chi connectivity index (χ4n) is 3.75. The second-order valence-corrected chi connectivity index (χ2v) is 10.1. The number of sulfonamides is 1. The standard InChI is InChI=1S/C22H27FN6O7S/c23-15-3-5-17(6-4-15)37(35,36)28-22(34)29-9-1-2-14(12-29)20(31)25-8-7-19(30)27-18(21(32)33)10-16-11-24-13-26-16/h3-6,11,13-14,18H,1-2,7-10,12H2,(H,24,26)(H,25,31)(H,27,30)(H,28,34)(H,32,33)/t14?,18-/m0/s1. The van der Waals surface area contributed by atoms with E-state index >= 15 is 0 Å². The van der Waals surface area contributed by atoms with Crippen molar-refractivity contribution in [1.29, 1.82) is 0 Å². The number of aromatic nitrogens is 2. The SMILES string of the molecule is O=C(CCNC(=O)C1CCCN(C(=O)NS(=O)(=O)c2ccc(F)cc2)C1)N[C@@H](Cc1cnc[nH]1)C(=O)O. The predicted molar refractivity (Wildman–Crippen MR) is 126 cm³/mol. The molecule has 0 aliphatic carbocycles. The molecule has 4 amide bonds. The first-order chi connectivity index (χ1) is 17.5. The molecule has 37 heavy (non-hydrogen) atoms. The highest BCUT2D eigenvalue weighted by molar-refractivity contribution is 7.90. The van der Waals surface area contributed by atoms with Gasteiger partial charge in [0.15, 0.2) is 0 Å². The second kappa shape index (κ2) is 12.3. The van der Waals surface area contributed by atoms with Crippen LogP contribution in [0.4, 0.5) is 9.18 Å². The van der Waals surface area contributed by atoms with Gasteiger partial charge >= 0.3 is 12.0 Å². The molecule has 13 nitrogen and oxygen atoms in total. The van der Waals surface area contributed by atoms with Gasteiger partial charge < -0.3 is 25.6 Å². The van der Waals surface area contributed by atoms with E-state index in [1.54, 1.807) is 0 Å². The molecule has 15 heteroatoms. The highest BCUT2D eigenvalue weighted by atomic mass is 32.2. The van der Waals surface area contributed by atoms with Gasteiger partial charge in [-0.3, -0.25) is 9.59 Å². The zero-order valence-electron chi connectivity index (χ0n) is 19.6. The molecule has 0 saturated carbocycles. The average molecular weight is 539 g/mol. The van der Waals surface area contributed by atoms with Gasteiger partial charge in [-0.15, -0.1) is 0 Å². The monoisotopic (exact) mass is 538 g/mol. The van der Waals surface area contributed by atoms with E-state index in [9.17, 15) is 37.1 Å². The maximum Gasteiger partial charge on any atom is 0.331 e. The van der Waals surface area contributed by atoms with E-state index in [0.717, 1.165) is 24.3 Å². The molecule has 2 atom stereocenters. The first-order valence-electron chi connectivity index (χ1n) is 11.4. The summed E-state index contributed by atoms with van der Waals surface area (Å²) in [5.74, 6) is -3.44. The number of hydrogen-bond donors (Lipinski definition) is 5. The van der Waals surface area contributed by atoms with Crippen LogP contribution in [-0.2, 0) is 30.8 Å². The molecule has 200 valence electrons. The number of imidazole rings is 1. The smallest absolute Gasteiger partial charge is 0.331 e. The molecule has 0 radical (unpaired) electrons. The highest BCUT2D eigenvalue weighted by Crippen LogP contribution is 2.18. The van der Waals surface area contributed by atoms with E-state index < -0.39 is 51.6 Å². The number of nitrogens with one attached hydrogen (secondary N) is 4. The average Bonchev–Trinajstić information content (AvgIpc) is 3.37. The van der Waals surface area contributed by atoms with Crippen molar-refractivity contribution < 1.29 is 37.1 Å². The number of carbonyl (C=O) groups is 4. The van der Waals surface area contributed by atoms with Crippen molar-refractivity contribution in [3.05, 3.63) is 48.3 Å². The van der Waals surface area contributed by atoms with Crippen LogP contribution < -0.4 is 15.4 Å². The minimum absolute atomic E-state index is 0.0181. The predicted octanol–water partition coefficient (Wildman–Crippen LogP) is -0.0225. The molecule has 0 bridgehead atoms. The Labute approximate surface area is 211 Å². The zero-order valence-corrected chi connectivity index (χ0v) is 20.5.